The van der Waals surface area contributed by atoms with E-state index in [-0.39, 0.29) is 12.5 Å². The number of nitrogens with one attached hydrogen (secondary N) is 1. The number of aryl methyl sites for hydroxylation is 1. The van der Waals surface area contributed by atoms with Gasteiger partial charge in [0, 0.05) is 16.8 Å². The summed E-state index contributed by atoms with van der Waals surface area (Å²) >= 11 is 6.26. The number of hydrogen-bond donors (Lipinski definition) is 1. The molecule has 0 bridgehead atoms. The number of amides is 1. The summed E-state index contributed by atoms with van der Waals surface area (Å²) in [5, 5.41) is 12.1. The number of nitrogens with zero attached hydrogens (tertiary/aromatic N) is 1. The van der Waals surface area contributed by atoms with Gasteiger partial charge in [-0.05, 0) is 53.8 Å². The van der Waals surface area contributed by atoms with E-state index in [1.807, 2.05) is 44.2 Å². The molecule has 0 aliphatic heterocycles. The highest BCUT2D eigenvalue weighted by Crippen LogP contribution is 2.29. The quantitative estimate of drug-likeness (QED) is 0.698. The lowest BCUT2D eigenvalue weighted by atomic mass is 10.0. The Morgan fingerprint density at radius 3 is 2.54 bits per heavy atom. The maximum absolute atomic E-state index is 12.3. The predicted octanol–water partition coefficient (Wildman–Crippen LogP) is 5.02. The van der Waals surface area contributed by atoms with Gasteiger partial charge in [0.15, 0.2) is 6.61 Å². The van der Waals surface area contributed by atoms with Crippen molar-refractivity contribution in [2.75, 3.05) is 11.9 Å². The van der Waals surface area contributed by atoms with Crippen LogP contribution in [0.1, 0.15) is 30.5 Å². The fraction of sp³-hybridized carbons (Fsp3) is 0.238. The number of nitriles is 1. The second-order valence-electron chi connectivity index (χ2n) is 5.61. The van der Waals surface area contributed by atoms with Crippen LogP contribution in [0, 0.1) is 11.3 Å². The van der Waals surface area contributed by atoms with E-state index in [0.29, 0.717) is 10.8 Å². The molecule has 1 amide bonds. The second-order valence-corrected chi connectivity index (χ2v) is 6.01. The molecular formula is C21H21ClN2O2. The molecule has 0 unspecified atom stereocenters. The molecular weight excluding hydrogens is 348 g/mol. The number of carbonyl (C=O) groups is 1. The third-order valence-corrected chi connectivity index (χ3v) is 4.29. The Balaban J connectivity index is 2.10. The van der Waals surface area contributed by atoms with Crippen molar-refractivity contribution >= 4 is 29.3 Å². The molecule has 5 heteroatoms. The second kappa shape index (κ2) is 9.65. The molecule has 26 heavy (non-hydrogen) atoms. The molecule has 0 radical (unpaired) electrons. The third-order valence-electron chi connectivity index (χ3n) is 3.94. The molecule has 0 saturated heterocycles. The molecule has 0 spiro atoms. The first-order valence-corrected chi connectivity index (χ1v) is 8.86. The van der Waals surface area contributed by atoms with E-state index < -0.39 is 0 Å². The highest BCUT2D eigenvalue weighted by molar-refractivity contribution is 6.32. The van der Waals surface area contributed by atoms with Gasteiger partial charge in [0.2, 0.25) is 5.91 Å². The summed E-state index contributed by atoms with van der Waals surface area (Å²) in [5.41, 5.74) is 3.68. The van der Waals surface area contributed by atoms with Crippen molar-refractivity contribution in [3.05, 3.63) is 64.2 Å². The molecule has 134 valence electrons. The normalized spacial score (nSPS) is 10.5. The van der Waals surface area contributed by atoms with Crippen LogP contribution in [-0.2, 0) is 17.6 Å². The summed E-state index contributed by atoms with van der Waals surface area (Å²) in [6, 6.07) is 12.9. The Kier molecular flexibility index (Phi) is 7.25. The average molecular weight is 369 g/mol. The van der Waals surface area contributed by atoms with Crippen LogP contribution in [0.25, 0.3) is 6.08 Å². The molecule has 0 heterocycles. The lowest BCUT2D eigenvalue weighted by Gasteiger charge is -2.15. The number of rotatable bonds is 7. The smallest absolute Gasteiger partial charge is 0.248 e. The number of benzene rings is 2. The summed E-state index contributed by atoms with van der Waals surface area (Å²) in [4.78, 5) is 12.3. The van der Waals surface area contributed by atoms with Crippen LogP contribution in [-0.4, -0.2) is 12.5 Å². The number of carbonyl (C=O) groups excluding carboxylic acids is 1. The van der Waals surface area contributed by atoms with Crippen molar-refractivity contribution in [3.8, 4) is 11.8 Å². The van der Waals surface area contributed by atoms with Crippen molar-refractivity contribution in [2.45, 2.75) is 26.7 Å². The van der Waals surface area contributed by atoms with Gasteiger partial charge in [-0.1, -0.05) is 43.6 Å². The van der Waals surface area contributed by atoms with Crippen molar-refractivity contribution in [3.63, 3.8) is 0 Å². The van der Waals surface area contributed by atoms with Gasteiger partial charge >= 0.3 is 0 Å². The average Bonchev–Trinajstić information content (AvgIpc) is 2.66. The fourth-order valence-electron chi connectivity index (χ4n) is 2.59. The molecule has 0 fully saturated rings. The summed E-state index contributed by atoms with van der Waals surface area (Å²) in [6.07, 6.45) is 4.78. The van der Waals surface area contributed by atoms with Crippen molar-refractivity contribution < 1.29 is 9.53 Å². The number of halogens is 1. The monoisotopic (exact) mass is 368 g/mol. The Morgan fingerprint density at radius 2 is 1.92 bits per heavy atom. The van der Waals surface area contributed by atoms with Crippen molar-refractivity contribution in [1.29, 1.82) is 5.26 Å². The first-order valence-electron chi connectivity index (χ1n) is 8.48. The van der Waals surface area contributed by atoms with E-state index in [1.54, 1.807) is 18.2 Å². The minimum atomic E-state index is -0.207. The Bertz CT molecular complexity index is 836. The van der Waals surface area contributed by atoms with Gasteiger partial charge in [-0.15, -0.1) is 0 Å². The topological polar surface area (TPSA) is 62.1 Å². The minimum Gasteiger partial charge on any atom is -0.479 e. The van der Waals surface area contributed by atoms with Gasteiger partial charge < -0.3 is 10.1 Å². The SMILES string of the molecule is CCc1ccc(Cl)c(CC)c1NC(=O)/C=C/c1ccc(OCC#N)cc1. The van der Waals surface area contributed by atoms with Crippen LogP contribution in [0.5, 0.6) is 5.75 Å². The van der Waals surface area contributed by atoms with Crippen LogP contribution in [0.4, 0.5) is 5.69 Å². The Morgan fingerprint density at radius 1 is 1.19 bits per heavy atom. The largest absolute Gasteiger partial charge is 0.479 e. The first-order chi connectivity index (χ1) is 12.6. The van der Waals surface area contributed by atoms with Gasteiger partial charge in [-0.3, -0.25) is 4.79 Å². The summed E-state index contributed by atoms with van der Waals surface area (Å²) < 4.78 is 5.20. The van der Waals surface area contributed by atoms with E-state index in [4.69, 9.17) is 21.6 Å². The summed E-state index contributed by atoms with van der Waals surface area (Å²) in [6.45, 7) is 4.07. The standard InChI is InChI=1S/C21H21ClN2O2/c1-3-16-8-11-19(22)18(4-2)21(16)24-20(25)12-7-15-5-9-17(10-6-15)26-14-13-23/h5-12H,3-4,14H2,1-2H3,(H,24,25)/b12-7+. The van der Waals surface area contributed by atoms with E-state index in [2.05, 4.69) is 5.32 Å². The highest BCUT2D eigenvalue weighted by atomic mass is 35.5. The lowest BCUT2D eigenvalue weighted by Crippen LogP contribution is -2.12. The van der Waals surface area contributed by atoms with Crippen LogP contribution in [0.2, 0.25) is 5.02 Å². The molecule has 0 aliphatic rings. The number of ether oxygens (including phenoxy) is 1. The maximum Gasteiger partial charge on any atom is 0.248 e. The minimum absolute atomic E-state index is 0.0107. The van der Waals surface area contributed by atoms with Gasteiger partial charge in [-0.2, -0.15) is 5.26 Å². The molecule has 4 nitrogen and oxygen atoms in total. The van der Waals surface area contributed by atoms with E-state index in [1.165, 1.54) is 6.08 Å². The molecule has 0 aromatic heterocycles. The summed E-state index contributed by atoms with van der Waals surface area (Å²) in [5.74, 6) is 0.411. The van der Waals surface area contributed by atoms with Gasteiger partial charge in [0.1, 0.15) is 11.8 Å². The van der Waals surface area contributed by atoms with Crippen LogP contribution < -0.4 is 10.1 Å². The lowest BCUT2D eigenvalue weighted by molar-refractivity contribution is -0.111. The molecule has 1 N–H and O–H groups in total. The van der Waals surface area contributed by atoms with Crippen LogP contribution >= 0.6 is 11.6 Å². The van der Waals surface area contributed by atoms with Crippen molar-refractivity contribution in [1.82, 2.24) is 0 Å². The molecule has 2 rings (SSSR count). The molecule has 2 aromatic rings. The van der Waals surface area contributed by atoms with Gasteiger partial charge in [-0.25, -0.2) is 0 Å². The maximum atomic E-state index is 12.3. The molecule has 0 aliphatic carbocycles. The van der Waals surface area contributed by atoms with E-state index in [9.17, 15) is 4.79 Å². The zero-order valence-corrected chi connectivity index (χ0v) is 15.6. The predicted molar refractivity (Wildman–Crippen MR) is 105 cm³/mol. The van der Waals surface area contributed by atoms with Crippen molar-refractivity contribution in [2.24, 2.45) is 0 Å². The van der Waals surface area contributed by atoms with E-state index >= 15 is 0 Å². The number of anilines is 1. The Hall–Kier alpha value is -2.77. The zero-order chi connectivity index (χ0) is 18.9. The third kappa shape index (κ3) is 5.11. The zero-order valence-electron chi connectivity index (χ0n) is 14.9. The van der Waals surface area contributed by atoms with Crippen LogP contribution in [0.15, 0.2) is 42.5 Å². The first kappa shape index (κ1) is 19.6. The summed E-state index contributed by atoms with van der Waals surface area (Å²) in [7, 11) is 0. The van der Waals surface area contributed by atoms with Gasteiger partial charge in [0.25, 0.3) is 0 Å². The molecule has 0 saturated carbocycles. The van der Waals surface area contributed by atoms with Gasteiger partial charge in [0.05, 0.1) is 0 Å². The highest BCUT2D eigenvalue weighted by Gasteiger charge is 2.11. The van der Waals surface area contributed by atoms with E-state index in [0.717, 1.165) is 35.2 Å². The fourth-order valence-corrected chi connectivity index (χ4v) is 2.89. The number of hydrogen-bond acceptors (Lipinski definition) is 3. The molecule has 2 aromatic carbocycles. The van der Waals surface area contributed by atoms with Crippen LogP contribution in [0.3, 0.4) is 0 Å². The molecule has 0 atom stereocenters. The Labute approximate surface area is 159 Å².